The van der Waals surface area contributed by atoms with Crippen molar-refractivity contribution in [3.8, 4) is 0 Å². The summed E-state index contributed by atoms with van der Waals surface area (Å²) in [6, 6.07) is 13.2. The monoisotopic (exact) mass is 254 g/mol. The first kappa shape index (κ1) is 13.1. The van der Waals surface area contributed by atoms with E-state index in [0.717, 1.165) is 17.7 Å². The molecule has 0 spiro atoms. The number of aryl methyl sites for hydroxylation is 2. The van der Waals surface area contributed by atoms with Crippen LogP contribution in [0.4, 0.5) is 11.4 Å². The Morgan fingerprint density at radius 2 is 2.00 bits per heavy atom. The minimum absolute atomic E-state index is 0.136. The van der Waals surface area contributed by atoms with Crippen LogP contribution in [0.1, 0.15) is 28.4 Å². The third-order valence-corrected chi connectivity index (χ3v) is 2.95. The van der Waals surface area contributed by atoms with Gasteiger partial charge in [-0.3, -0.25) is 4.79 Å². The van der Waals surface area contributed by atoms with Gasteiger partial charge in [0, 0.05) is 16.9 Å². The predicted octanol–water partition coefficient (Wildman–Crippen LogP) is 3.39. The smallest absolute Gasteiger partial charge is 0.255 e. The van der Waals surface area contributed by atoms with E-state index in [-0.39, 0.29) is 5.91 Å². The van der Waals surface area contributed by atoms with E-state index >= 15 is 0 Å². The average molecular weight is 254 g/mol. The highest BCUT2D eigenvalue weighted by molar-refractivity contribution is 6.04. The summed E-state index contributed by atoms with van der Waals surface area (Å²) < 4.78 is 0. The molecule has 0 aliphatic heterocycles. The molecule has 0 heterocycles. The maximum absolute atomic E-state index is 12.2. The van der Waals surface area contributed by atoms with Gasteiger partial charge in [0.15, 0.2) is 0 Å². The Kier molecular flexibility index (Phi) is 3.85. The Balaban J connectivity index is 2.20. The molecule has 0 aliphatic rings. The minimum atomic E-state index is -0.136. The number of benzene rings is 2. The molecule has 0 saturated carbocycles. The van der Waals surface area contributed by atoms with Gasteiger partial charge < -0.3 is 11.1 Å². The molecule has 2 rings (SSSR count). The number of nitrogen functional groups attached to an aromatic ring is 1. The highest BCUT2D eigenvalue weighted by Crippen LogP contribution is 2.15. The third-order valence-electron chi connectivity index (χ3n) is 2.95. The predicted molar refractivity (Wildman–Crippen MR) is 79.4 cm³/mol. The molecule has 0 saturated heterocycles. The van der Waals surface area contributed by atoms with Gasteiger partial charge in [-0.15, -0.1) is 0 Å². The molecular formula is C16H18N2O. The number of carbonyl (C=O) groups excluding carboxylic acids is 1. The molecule has 0 radical (unpaired) electrons. The fourth-order valence-electron chi connectivity index (χ4n) is 2.02. The molecule has 0 aromatic heterocycles. The van der Waals surface area contributed by atoms with Gasteiger partial charge in [0.05, 0.1) is 0 Å². The van der Waals surface area contributed by atoms with Crippen molar-refractivity contribution < 1.29 is 4.79 Å². The molecule has 2 aromatic carbocycles. The van der Waals surface area contributed by atoms with E-state index in [1.807, 2.05) is 43.3 Å². The van der Waals surface area contributed by atoms with Gasteiger partial charge >= 0.3 is 0 Å². The van der Waals surface area contributed by atoms with Crippen molar-refractivity contribution in [3.63, 3.8) is 0 Å². The van der Waals surface area contributed by atoms with Gasteiger partial charge in [-0.2, -0.15) is 0 Å². The van der Waals surface area contributed by atoms with Crippen molar-refractivity contribution in [2.45, 2.75) is 20.3 Å². The second-order valence-corrected chi connectivity index (χ2v) is 4.64. The van der Waals surface area contributed by atoms with Crippen molar-refractivity contribution in [2.24, 2.45) is 0 Å². The summed E-state index contributed by atoms with van der Waals surface area (Å²) in [5.41, 5.74) is 9.93. The van der Waals surface area contributed by atoms with Crippen molar-refractivity contribution in [1.29, 1.82) is 0 Å². The van der Waals surface area contributed by atoms with Crippen LogP contribution in [-0.2, 0) is 6.42 Å². The zero-order valence-electron chi connectivity index (χ0n) is 11.2. The normalized spacial score (nSPS) is 10.2. The summed E-state index contributed by atoms with van der Waals surface area (Å²) >= 11 is 0. The van der Waals surface area contributed by atoms with E-state index in [1.165, 1.54) is 5.56 Å². The number of hydrogen-bond donors (Lipinski definition) is 2. The molecule has 0 atom stereocenters. The fourth-order valence-corrected chi connectivity index (χ4v) is 2.02. The summed E-state index contributed by atoms with van der Waals surface area (Å²) in [5, 5.41) is 2.89. The number of anilines is 2. The Morgan fingerprint density at radius 3 is 2.68 bits per heavy atom. The average Bonchev–Trinajstić information content (AvgIpc) is 2.37. The lowest BCUT2D eigenvalue weighted by Crippen LogP contribution is -2.12. The Morgan fingerprint density at radius 1 is 1.21 bits per heavy atom. The molecule has 1 amide bonds. The largest absolute Gasteiger partial charge is 0.399 e. The van der Waals surface area contributed by atoms with Crippen LogP contribution in [0.5, 0.6) is 0 Å². The second-order valence-electron chi connectivity index (χ2n) is 4.64. The fraction of sp³-hybridized carbons (Fsp3) is 0.188. The summed E-state index contributed by atoms with van der Waals surface area (Å²) in [6.07, 6.45) is 0.946. The van der Waals surface area contributed by atoms with Gasteiger partial charge in [0.2, 0.25) is 0 Å². The van der Waals surface area contributed by atoms with Crippen LogP contribution in [0.2, 0.25) is 0 Å². The lowest BCUT2D eigenvalue weighted by atomic mass is 10.1. The Bertz CT molecular complexity index is 585. The van der Waals surface area contributed by atoms with Crippen molar-refractivity contribution in [2.75, 3.05) is 11.1 Å². The van der Waals surface area contributed by atoms with E-state index in [2.05, 4.69) is 12.2 Å². The molecule has 3 heteroatoms. The highest BCUT2D eigenvalue weighted by Gasteiger charge is 2.07. The van der Waals surface area contributed by atoms with Crippen LogP contribution in [0, 0.1) is 6.92 Å². The zero-order chi connectivity index (χ0) is 13.8. The van der Waals surface area contributed by atoms with Crippen LogP contribution in [0.25, 0.3) is 0 Å². The SMILES string of the molecule is CCc1cccc(NC(=O)c2cc(C)cc(N)c2)c1. The van der Waals surface area contributed by atoms with E-state index in [9.17, 15) is 4.79 Å². The Hall–Kier alpha value is -2.29. The standard InChI is InChI=1S/C16H18N2O/c1-3-12-5-4-6-15(9-12)18-16(19)13-7-11(2)8-14(17)10-13/h4-10H,3,17H2,1-2H3,(H,18,19). The molecule has 3 nitrogen and oxygen atoms in total. The zero-order valence-corrected chi connectivity index (χ0v) is 11.2. The van der Waals surface area contributed by atoms with Crippen LogP contribution in [0.15, 0.2) is 42.5 Å². The van der Waals surface area contributed by atoms with Crippen LogP contribution < -0.4 is 11.1 Å². The first-order valence-electron chi connectivity index (χ1n) is 6.36. The molecule has 19 heavy (non-hydrogen) atoms. The number of carbonyl (C=O) groups is 1. The first-order chi connectivity index (χ1) is 9.08. The summed E-state index contributed by atoms with van der Waals surface area (Å²) in [4.78, 5) is 12.2. The lowest BCUT2D eigenvalue weighted by molar-refractivity contribution is 0.102. The van der Waals surface area contributed by atoms with Crippen molar-refractivity contribution >= 4 is 17.3 Å². The minimum Gasteiger partial charge on any atom is -0.399 e. The first-order valence-corrected chi connectivity index (χ1v) is 6.36. The van der Waals surface area contributed by atoms with Crippen molar-refractivity contribution in [3.05, 3.63) is 59.2 Å². The molecule has 0 bridgehead atoms. The van der Waals surface area contributed by atoms with Crippen LogP contribution in [0.3, 0.4) is 0 Å². The molecular weight excluding hydrogens is 236 g/mol. The third kappa shape index (κ3) is 3.35. The molecule has 2 aromatic rings. The maximum Gasteiger partial charge on any atom is 0.255 e. The summed E-state index contributed by atoms with van der Waals surface area (Å²) in [5.74, 6) is -0.136. The van der Waals surface area contributed by atoms with E-state index < -0.39 is 0 Å². The van der Waals surface area contributed by atoms with Crippen LogP contribution in [-0.4, -0.2) is 5.91 Å². The van der Waals surface area contributed by atoms with E-state index in [0.29, 0.717) is 11.3 Å². The van der Waals surface area contributed by atoms with Gasteiger partial charge in [0.1, 0.15) is 0 Å². The number of rotatable bonds is 3. The van der Waals surface area contributed by atoms with Crippen LogP contribution >= 0.6 is 0 Å². The van der Waals surface area contributed by atoms with E-state index in [4.69, 9.17) is 5.73 Å². The highest BCUT2D eigenvalue weighted by atomic mass is 16.1. The van der Waals surface area contributed by atoms with Gasteiger partial charge in [-0.1, -0.05) is 19.1 Å². The summed E-state index contributed by atoms with van der Waals surface area (Å²) in [7, 11) is 0. The molecule has 0 unspecified atom stereocenters. The van der Waals surface area contributed by atoms with Gasteiger partial charge in [0.25, 0.3) is 5.91 Å². The second kappa shape index (κ2) is 5.57. The summed E-state index contributed by atoms with van der Waals surface area (Å²) in [6.45, 7) is 4.01. The maximum atomic E-state index is 12.2. The lowest BCUT2D eigenvalue weighted by Gasteiger charge is -2.08. The van der Waals surface area contributed by atoms with E-state index in [1.54, 1.807) is 6.07 Å². The number of amides is 1. The quantitative estimate of drug-likeness (QED) is 0.825. The molecule has 0 fully saturated rings. The van der Waals surface area contributed by atoms with Crippen molar-refractivity contribution in [1.82, 2.24) is 0 Å². The molecule has 98 valence electrons. The van der Waals surface area contributed by atoms with Gasteiger partial charge in [-0.05, 0) is 54.8 Å². The topological polar surface area (TPSA) is 55.1 Å². The Labute approximate surface area is 113 Å². The molecule has 0 aliphatic carbocycles. The van der Waals surface area contributed by atoms with Gasteiger partial charge in [-0.25, -0.2) is 0 Å². The number of nitrogens with two attached hydrogens (primary N) is 1. The number of hydrogen-bond acceptors (Lipinski definition) is 2. The molecule has 3 N–H and O–H groups in total. The number of nitrogens with one attached hydrogen (secondary N) is 1.